The van der Waals surface area contributed by atoms with Gasteiger partial charge in [0.25, 0.3) is 0 Å². The Kier molecular flexibility index (Phi) is 4.78. The van der Waals surface area contributed by atoms with E-state index in [1.165, 1.54) is 35.7 Å². The Morgan fingerprint density at radius 2 is 1.95 bits per heavy atom. The zero-order valence-electron chi connectivity index (χ0n) is 13.7. The number of nitrogens with zero attached hydrogens (tertiary/aromatic N) is 3. The fourth-order valence-corrected chi connectivity index (χ4v) is 3.04. The standard InChI is InChI=1S/C18H26N4/c1-21(2)13-10-19-16-7-6-15-8-9-20-18(17(15)14-16)22-11-4-3-5-12-22/h6-9,14,19H,3-5,10-13H2,1-2H3. The number of benzene rings is 1. The summed E-state index contributed by atoms with van der Waals surface area (Å²) in [6.07, 6.45) is 5.84. The van der Waals surface area contributed by atoms with Crippen LogP contribution in [0.1, 0.15) is 19.3 Å². The highest BCUT2D eigenvalue weighted by Gasteiger charge is 2.14. The third kappa shape index (κ3) is 3.50. The number of hydrogen-bond acceptors (Lipinski definition) is 4. The molecule has 3 rings (SSSR count). The van der Waals surface area contributed by atoms with E-state index in [4.69, 9.17) is 0 Å². The van der Waals surface area contributed by atoms with Crippen molar-refractivity contribution in [2.75, 3.05) is 50.5 Å². The molecule has 1 saturated heterocycles. The lowest BCUT2D eigenvalue weighted by atomic mass is 10.1. The summed E-state index contributed by atoms with van der Waals surface area (Å²) in [6.45, 7) is 4.25. The summed E-state index contributed by atoms with van der Waals surface area (Å²) in [5, 5.41) is 6.05. The fourth-order valence-electron chi connectivity index (χ4n) is 3.04. The normalized spacial score (nSPS) is 15.5. The SMILES string of the molecule is CN(C)CCNc1ccc2ccnc(N3CCCCC3)c2c1. The van der Waals surface area contributed by atoms with Crippen LogP contribution >= 0.6 is 0 Å². The van der Waals surface area contributed by atoms with Crippen molar-refractivity contribution in [3.05, 3.63) is 30.5 Å². The molecule has 0 amide bonds. The highest BCUT2D eigenvalue weighted by molar-refractivity contribution is 5.94. The highest BCUT2D eigenvalue weighted by atomic mass is 15.2. The maximum atomic E-state index is 4.67. The van der Waals surface area contributed by atoms with Gasteiger partial charge in [-0.05, 0) is 56.9 Å². The number of anilines is 2. The van der Waals surface area contributed by atoms with Gasteiger partial charge in [0.15, 0.2) is 0 Å². The number of nitrogens with one attached hydrogen (secondary N) is 1. The van der Waals surface area contributed by atoms with Gasteiger partial charge in [-0.15, -0.1) is 0 Å². The molecule has 2 aromatic rings. The fraction of sp³-hybridized carbons (Fsp3) is 0.500. The number of likely N-dealkylation sites (N-methyl/N-ethyl adjacent to an activating group) is 1. The Balaban J connectivity index is 1.85. The zero-order chi connectivity index (χ0) is 15.4. The average Bonchev–Trinajstić information content (AvgIpc) is 2.55. The van der Waals surface area contributed by atoms with Crippen molar-refractivity contribution in [2.24, 2.45) is 0 Å². The molecular formula is C18H26N4. The lowest BCUT2D eigenvalue weighted by molar-refractivity contribution is 0.425. The number of pyridine rings is 1. The van der Waals surface area contributed by atoms with Gasteiger partial charge in [-0.3, -0.25) is 0 Å². The van der Waals surface area contributed by atoms with E-state index in [0.29, 0.717) is 0 Å². The first kappa shape index (κ1) is 15.1. The van der Waals surface area contributed by atoms with Crippen molar-refractivity contribution in [1.82, 2.24) is 9.88 Å². The minimum absolute atomic E-state index is 0.956. The molecule has 0 unspecified atom stereocenters. The molecule has 0 atom stereocenters. The molecule has 1 N–H and O–H groups in total. The van der Waals surface area contributed by atoms with Crippen LogP contribution in [-0.2, 0) is 0 Å². The summed E-state index contributed by atoms with van der Waals surface area (Å²) in [6, 6.07) is 8.72. The van der Waals surface area contributed by atoms with Crippen molar-refractivity contribution in [1.29, 1.82) is 0 Å². The van der Waals surface area contributed by atoms with Crippen molar-refractivity contribution in [2.45, 2.75) is 19.3 Å². The van der Waals surface area contributed by atoms with Gasteiger partial charge in [0.05, 0.1) is 0 Å². The van der Waals surface area contributed by atoms with Crippen molar-refractivity contribution < 1.29 is 0 Å². The number of rotatable bonds is 5. The Hall–Kier alpha value is -1.81. The van der Waals surface area contributed by atoms with Crippen molar-refractivity contribution >= 4 is 22.3 Å². The molecule has 0 spiro atoms. The molecule has 0 radical (unpaired) electrons. The molecule has 1 aliphatic rings. The first-order chi connectivity index (χ1) is 10.7. The van der Waals surface area contributed by atoms with Gasteiger partial charge < -0.3 is 15.1 Å². The van der Waals surface area contributed by atoms with E-state index in [9.17, 15) is 0 Å². The van der Waals surface area contributed by atoms with Crippen LogP contribution in [0, 0.1) is 0 Å². The van der Waals surface area contributed by atoms with Crippen LogP contribution in [0.5, 0.6) is 0 Å². The molecule has 22 heavy (non-hydrogen) atoms. The molecule has 1 fully saturated rings. The Morgan fingerprint density at radius 1 is 1.14 bits per heavy atom. The van der Waals surface area contributed by atoms with Crippen LogP contribution in [0.2, 0.25) is 0 Å². The molecule has 4 nitrogen and oxygen atoms in total. The first-order valence-corrected chi connectivity index (χ1v) is 8.26. The number of aromatic nitrogens is 1. The van der Waals surface area contributed by atoms with E-state index in [2.05, 4.69) is 58.5 Å². The summed E-state index contributed by atoms with van der Waals surface area (Å²) in [4.78, 5) is 9.30. The predicted molar refractivity (Wildman–Crippen MR) is 94.9 cm³/mol. The van der Waals surface area contributed by atoms with Crippen LogP contribution in [0.25, 0.3) is 10.8 Å². The number of fused-ring (bicyclic) bond motifs is 1. The number of piperidine rings is 1. The topological polar surface area (TPSA) is 31.4 Å². The molecule has 0 aliphatic carbocycles. The number of hydrogen-bond donors (Lipinski definition) is 1. The monoisotopic (exact) mass is 298 g/mol. The van der Waals surface area contributed by atoms with E-state index in [1.807, 2.05) is 6.20 Å². The van der Waals surface area contributed by atoms with Gasteiger partial charge in [0.2, 0.25) is 0 Å². The maximum absolute atomic E-state index is 4.67. The van der Waals surface area contributed by atoms with Crippen LogP contribution in [-0.4, -0.2) is 50.2 Å². The summed E-state index contributed by atoms with van der Waals surface area (Å²) in [5.41, 5.74) is 1.18. The Bertz CT molecular complexity index is 618. The van der Waals surface area contributed by atoms with Gasteiger partial charge in [-0.2, -0.15) is 0 Å². The molecule has 2 heterocycles. The predicted octanol–water partition coefficient (Wildman–Crippen LogP) is 3.20. The van der Waals surface area contributed by atoms with E-state index in [0.717, 1.165) is 32.0 Å². The smallest absolute Gasteiger partial charge is 0.136 e. The van der Waals surface area contributed by atoms with Gasteiger partial charge >= 0.3 is 0 Å². The second-order valence-electron chi connectivity index (χ2n) is 6.35. The van der Waals surface area contributed by atoms with Crippen LogP contribution < -0.4 is 10.2 Å². The average molecular weight is 298 g/mol. The molecule has 0 bridgehead atoms. The second-order valence-corrected chi connectivity index (χ2v) is 6.35. The van der Waals surface area contributed by atoms with Crippen LogP contribution in [0.15, 0.2) is 30.5 Å². The molecule has 0 saturated carbocycles. The molecule has 1 aromatic carbocycles. The van der Waals surface area contributed by atoms with E-state index >= 15 is 0 Å². The highest BCUT2D eigenvalue weighted by Crippen LogP contribution is 2.29. The lowest BCUT2D eigenvalue weighted by Gasteiger charge is -2.28. The quantitative estimate of drug-likeness (QED) is 0.918. The lowest BCUT2D eigenvalue weighted by Crippen LogP contribution is -2.30. The summed E-state index contributed by atoms with van der Waals surface area (Å²) in [5.74, 6) is 1.15. The summed E-state index contributed by atoms with van der Waals surface area (Å²) < 4.78 is 0. The Morgan fingerprint density at radius 3 is 2.73 bits per heavy atom. The maximum Gasteiger partial charge on any atom is 0.136 e. The molecule has 1 aliphatic heterocycles. The van der Waals surface area contributed by atoms with E-state index in [-0.39, 0.29) is 0 Å². The molecule has 4 heteroatoms. The summed E-state index contributed by atoms with van der Waals surface area (Å²) >= 11 is 0. The molecular weight excluding hydrogens is 272 g/mol. The first-order valence-electron chi connectivity index (χ1n) is 8.26. The van der Waals surface area contributed by atoms with Crippen LogP contribution in [0.4, 0.5) is 11.5 Å². The Labute approximate surface area is 133 Å². The van der Waals surface area contributed by atoms with E-state index < -0.39 is 0 Å². The van der Waals surface area contributed by atoms with Gasteiger partial charge in [0.1, 0.15) is 5.82 Å². The zero-order valence-corrected chi connectivity index (χ0v) is 13.7. The second kappa shape index (κ2) is 6.97. The largest absolute Gasteiger partial charge is 0.384 e. The summed E-state index contributed by atoms with van der Waals surface area (Å²) in [7, 11) is 4.20. The van der Waals surface area contributed by atoms with Crippen molar-refractivity contribution in [3.8, 4) is 0 Å². The van der Waals surface area contributed by atoms with Gasteiger partial charge in [-0.1, -0.05) is 6.07 Å². The minimum atomic E-state index is 0.956. The van der Waals surface area contributed by atoms with Crippen molar-refractivity contribution in [3.63, 3.8) is 0 Å². The molecule has 118 valence electrons. The van der Waals surface area contributed by atoms with Gasteiger partial charge in [-0.25, -0.2) is 4.98 Å². The van der Waals surface area contributed by atoms with Gasteiger partial charge in [0, 0.05) is 43.4 Å². The van der Waals surface area contributed by atoms with Crippen LogP contribution in [0.3, 0.4) is 0 Å². The molecule has 1 aromatic heterocycles. The minimum Gasteiger partial charge on any atom is -0.384 e. The van der Waals surface area contributed by atoms with E-state index in [1.54, 1.807) is 0 Å². The third-order valence-corrected chi connectivity index (χ3v) is 4.29. The third-order valence-electron chi connectivity index (χ3n) is 4.29.